The maximum absolute atomic E-state index is 12.8. The molecule has 0 spiro atoms. The van der Waals surface area contributed by atoms with E-state index in [2.05, 4.69) is 25.7 Å². The zero-order chi connectivity index (χ0) is 23.0. The van der Waals surface area contributed by atoms with Crippen molar-refractivity contribution in [2.24, 2.45) is 5.16 Å². The zero-order valence-corrected chi connectivity index (χ0v) is 19.5. The van der Waals surface area contributed by atoms with E-state index >= 15 is 0 Å². The van der Waals surface area contributed by atoms with Gasteiger partial charge in [-0.25, -0.2) is 9.78 Å². The number of carboxylic acid groups (broad SMARTS) is 1. The number of nitrogens with two attached hydrogens (primary N) is 1. The van der Waals surface area contributed by atoms with Crippen LogP contribution in [-0.4, -0.2) is 76.8 Å². The van der Waals surface area contributed by atoms with E-state index < -0.39 is 29.2 Å². The number of carboxylic acids is 1. The van der Waals surface area contributed by atoms with Crippen molar-refractivity contribution >= 4 is 74.8 Å². The first-order valence-corrected chi connectivity index (χ1v) is 12.6. The lowest BCUT2D eigenvalue weighted by atomic mass is 10.0. The molecule has 2 amide bonds. The Kier molecular flexibility index (Phi) is 6.36. The SMILES string of the molecule is Cc1nnc(SCC2=C(C(=O)O)N3C(=O)[C@@H](NC(=O)/C(=N\O)c4csc(N)n4)[C@H]3SC2)s1. The Hall–Kier alpha value is -2.69. The molecule has 1 saturated heterocycles. The summed E-state index contributed by atoms with van der Waals surface area (Å²) < 4.78 is 0.713. The van der Waals surface area contributed by atoms with Crippen LogP contribution in [0.3, 0.4) is 0 Å². The number of aromatic nitrogens is 3. The van der Waals surface area contributed by atoms with Gasteiger partial charge in [-0.3, -0.25) is 14.5 Å². The number of nitrogen functional groups attached to an aromatic ring is 1. The number of amides is 2. The van der Waals surface area contributed by atoms with Crippen molar-refractivity contribution < 1.29 is 24.7 Å². The minimum atomic E-state index is -1.21. The lowest BCUT2D eigenvalue weighted by molar-refractivity contribution is -0.150. The Bertz CT molecular complexity index is 1160. The molecule has 2 aromatic heterocycles. The van der Waals surface area contributed by atoms with Crippen LogP contribution in [0.4, 0.5) is 5.13 Å². The summed E-state index contributed by atoms with van der Waals surface area (Å²) in [6.45, 7) is 1.83. The van der Waals surface area contributed by atoms with Crippen LogP contribution in [0.15, 0.2) is 26.1 Å². The minimum Gasteiger partial charge on any atom is -0.477 e. The van der Waals surface area contributed by atoms with Gasteiger partial charge in [-0.1, -0.05) is 28.3 Å². The number of hydrogen-bond acceptors (Lipinski definition) is 13. The summed E-state index contributed by atoms with van der Waals surface area (Å²) in [6.07, 6.45) is 0. The zero-order valence-electron chi connectivity index (χ0n) is 16.2. The van der Waals surface area contributed by atoms with Crippen LogP contribution in [0.5, 0.6) is 0 Å². The Morgan fingerprint density at radius 1 is 1.44 bits per heavy atom. The summed E-state index contributed by atoms with van der Waals surface area (Å²) in [5.41, 5.74) is 5.74. The molecule has 16 heteroatoms. The van der Waals surface area contributed by atoms with Crippen LogP contribution in [0, 0.1) is 6.92 Å². The van der Waals surface area contributed by atoms with E-state index in [9.17, 15) is 24.7 Å². The van der Waals surface area contributed by atoms with Gasteiger partial charge in [0.25, 0.3) is 11.8 Å². The number of nitrogens with one attached hydrogen (secondary N) is 1. The molecule has 1 fully saturated rings. The highest BCUT2D eigenvalue weighted by molar-refractivity contribution is 8.01. The van der Waals surface area contributed by atoms with E-state index in [4.69, 9.17) is 5.73 Å². The van der Waals surface area contributed by atoms with Crippen LogP contribution >= 0.6 is 46.2 Å². The lowest BCUT2D eigenvalue weighted by Crippen LogP contribution is -2.71. The number of rotatable bonds is 7. The number of hydrogen-bond donors (Lipinski definition) is 4. The van der Waals surface area contributed by atoms with Gasteiger partial charge in [0.1, 0.15) is 27.8 Å². The van der Waals surface area contributed by atoms with E-state index in [1.165, 1.54) is 45.1 Å². The predicted molar refractivity (Wildman–Crippen MR) is 120 cm³/mol. The maximum Gasteiger partial charge on any atom is 0.352 e. The molecule has 0 radical (unpaired) electrons. The van der Waals surface area contributed by atoms with Crippen molar-refractivity contribution in [1.82, 2.24) is 25.4 Å². The average Bonchev–Trinajstić information content (AvgIpc) is 3.38. The van der Waals surface area contributed by atoms with Crippen molar-refractivity contribution in [1.29, 1.82) is 0 Å². The standard InChI is InChI=1S/C16H15N7O5S4/c1-5-20-21-16(32-5)31-3-6-2-29-13-9(12(25)23(13)10(6)14(26)27)19-11(24)8(22-28)7-4-30-15(17)18-7/h4,9,13,28H,2-3H2,1H3,(H2,17,18)(H,19,24)(H,26,27)/b22-8-/t9-,13-/m1/s1. The van der Waals surface area contributed by atoms with Gasteiger partial charge in [-0.2, -0.15) is 0 Å². The quantitative estimate of drug-likeness (QED) is 0.134. The summed E-state index contributed by atoms with van der Waals surface area (Å²) in [5, 5.41) is 34.2. The topological polar surface area (TPSA) is 184 Å². The first-order valence-electron chi connectivity index (χ1n) is 8.87. The smallest absolute Gasteiger partial charge is 0.352 e. The Balaban J connectivity index is 1.48. The van der Waals surface area contributed by atoms with Crippen molar-refractivity contribution in [3.8, 4) is 0 Å². The first kappa shape index (κ1) is 22.5. The Labute approximate surface area is 197 Å². The number of aliphatic carboxylic acids is 1. The molecule has 0 aliphatic carbocycles. The largest absolute Gasteiger partial charge is 0.477 e. The van der Waals surface area contributed by atoms with Gasteiger partial charge >= 0.3 is 5.97 Å². The second kappa shape index (κ2) is 9.05. The molecule has 4 rings (SSSR count). The van der Waals surface area contributed by atoms with Gasteiger partial charge in [0.05, 0.1) is 0 Å². The molecule has 0 saturated carbocycles. The normalized spacial score (nSPS) is 20.7. The summed E-state index contributed by atoms with van der Waals surface area (Å²) in [7, 11) is 0. The van der Waals surface area contributed by atoms with E-state index in [0.29, 0.717) is 21.4 Å². The van der Waals surface area contributed by atoms with Gasteiger partial charge in [-0.15, -0.1) is 33.3 Å². The molecule has 2 atom stereocenters. The van der Waals surface area contributed by atoms with E-state index in [-0.39, 0.29) is 22.2 Å². The summed E-state index contributed by atoms with van der Waals surface area (Å²) in [4.78, 5) is 42.3. The van der Waals surface area contributed by atoms with Crippen LogP contribution in [0.25, 0.3) is 0 Å². The molecule has 168 valence electrons. The highest BCUT2D eigenvalue weighted by Crippen LogP contribution is 2.41. The molecular formula is C16H15N7O5S4. The van der Waals surface area contributed by atoms with Crippen LogP contribution in [0.1, 0.15) is 10.7 Å². The fourth-order valence-electron chi connectivity index (χ4n) is 3.10. The Morgan fingerprint density at radius 2 is 2.22 bits per heavy atom. The third-order valence-electron chi connectivity index (χ3n) is 4.49. The Morgan fingerprint density at radius 3 is 2.81 bits per heavy atom. The maximum atomic E-state index is 12.8. The van der Waals surface area contributed by atoms with Crippen molar-refractivity contribution in [3.05, 3.63) is 27.4 Å². The van der Waals surface area contributed by atoms with Gasteiger partial charge in [0, 0.05) is 16.9 Å². The molecule has 0 bridgehead atoms. The molecular weight excluding hydrogens is 498 g/mol. The predicted octanol–water partition coefficient (Wildman–Crippen LogP) is 0.594. The van der Waals surface area contributed by atoms with Crippen molar-refractivity contribution in [2.75, 3.05) is 17.2 Å². The number of oxime groups is 1. The number of aryl methyl sites for hydroxylation is 1. The third kappa shape index (κ3) is 4.17. The number of fused-ring (bicyclic) bond motifs is 1. The number of nitrogens with zero attached hydrogens (tertiary/aromatic N) is 5. The second-order valence-corrected chi connectivity index (χ2v) is 10.9. The van der Waals surface area contributed by atoms with E-state index in [1.807, 2.05) is 6.92 Å². The number of thioether (sulfide) groups is 2. The monoisotopic (exact) mass is 513 g/mol. The highest BCUT2D eigenvalue weighted by atomic mass is 32.2. The third-order valence-corrected chi connectivity index (χ3v) is 8.57. The molecule has 2 aliphatic rings. The molecule has 32 heavy (non-hydrogen) atoms. The molecule has 4 heterocycles. The fraction of sp³-hybridized carbons (Fsp3) is 0.312. The second-order valence-electron chi connectivity index (χ2n) is 6.51. The fourth-order valence-corrected chi connectivity index (χ4v) is 6.95. The number of β-lactam (4-membered cyclic amide) rings is 1. The molecule has 5 N–H and O–H groups in total. The summed E-state index contributed by atoms with van der Waals surface area (Å²) >= 11 is 5.17. The van der Waals surface area contributed by atoms with E-state index in [1.54, 1.807) is 0 Å². The molecule has 0 unspecified atom stereocenters. The number of thiazole rings is 1. The van der Waals surface area contributed by atoms with Crippen LogP contribution in [0.2, 0.25) is 0 Å². The minimum absolute atomic E-state index is 0.0739. The van der Waals surface area contributed by atoms with Gasteiger partial charge in [0.2, 0.25) is 0 Å². The lowest BCUT2D eigenvalue weighted by Gasteiger charge is -2.49. The van der Waals surface area contributed by atoms with Gasteiger partial charge in [0.15, 0.2) is 15.2 Å². The average molecular weight is 514 g/mol. The van der Waals surface area contributed by atoms with Crippen LogP contribution < -0.4 is 11.1 Å². The summed E-state index contributed by atoms with van der Waals surface area (Å²) in [5.74, 6) is -1.87. The number of carbonyl (C=O) groups excluding carboxylic acids is 2. The van der Waals surface area contributed by atoms with Gasteiger partial charge in [-0.05, 0) is 12.5 Å². The summed E-state index contributed by atoms with van der Waals surface area (Å²) in [6, 6.07) is -0.963. The molecule has 12 nitrogen and oxygen atoms in total. The molecule has 2 aliphatic heterocycles. The first-order chi connectivity index (χ1) is 15.3. The highest BCUT2D eigenvalue weighted by Gasteiger charge is 2.54. The number of carbonyl (C=O) groups is 3. The van der Waals surface area contributed by atoms with Crippen LogP contribution in [-0.2, 0) is 14.4 Å². The van der Waals surface area contributed by atoms with Crippen molar-refractivity contribution in [2.45, 2.75) is 22.7 Å². The van der Waals surface area contributed by atoms with Gasteiger partial charge < -0.3 is 21.4 Å². The van der Waals surface area contributed by atoms with E-state index in [0.717, 1.165) is 16.3 Å². The number of anilines is 1. The molecule has 0 aromatic carbocycles. The van der Waals surface area contributed by atoms with Crippen molar-refractivity contribution in [3.63, 3.8) is 0 Å². The molecule has 2 aromatic rings.